The van der Waals surface area contributed by atoms with Gasteiger partial charge in [-0.3, -0.25) is 0 Å². The van der Waals surface area contributed by atoms with Crippen LogP contribution in [0.4, 0.5) is 0 Å². The Bertz CT molecular complexity index is 311. The van der Waals surface area contributed by atoms with Crippen molar-refractivity contribution in [2.45, 2.75) is 20.3 Å². The van der Waals surface area contributed by atoms with Crippen LogP contribution in [-0.4, -0.2) is 0 Å². The fraction of sp³-hybridized carbons (Fsp3) is 0.286. The predicted octanol–water partition coefficient (Wildman–Crippen LogP) is 4.20. The molecule has 1 rings (SSSR count). The molecule has 0 bridgehead atoms. The first kappa shape index (κ1) is 10.8. The summed E-state index contributed by atoms with van der Waals surface area (Å²) in [5, 5.41) is 0. The van der Waals surface area contributed by atoms with Gasteiger partial charge in [-0.15, -0.1) is 0 Å². The van der Waals surface area contributed by atoms with Crippen LogP contribution >= 0.6 is 0 Å². The van der Waals surface area contributed by atoms with Crippen molar-refractivity contribution in [2.24, 2.45) is 5.92 Å². The number of hydrogen-bond acceptors (Lipinski definition) is 0. The van der Waals surface area contributed by atoms with Crippen molar-refractivity contribution in [3.63, 3.8) is 0 Å². The van der Waals surface area contributed by atoms with Gasteiger partial charge in [-0.1, -0.05) is 56.0 Å². The van der Waals surface area contributed by atoms with E-state index in [0.29, 0.717) is 5.92 Å². The van der Waals surface area contributed by atoms with Crippen LogP contribution in [0.1, 0.15) is 20.3 Å². The lowest BCUT2D eigenvalue weighted by Gasteiger charge is -2.14. The Morgan fingerprint density at radius 3 is 2.93 bits per heavy atom. The maximum Gasteiger partial charge on any atom is -0.0212 e. The summed E-state index contributed by atoms with van der Waals surface area (Å²) in [7, 11) is 0. The zero-order chi connectivity index (χ0) is 10.4. The maximum absolute atomic E-state index is 4.06. The molecule has 0 aromatic carbocycles. The normalized spacial score (nSPS) is 21.9. The molecule has 0 heteroatoms. The lowest BCUT2D eigenvalue weighted by atomic mass is 9.91. The SMILES string of the molecule is C=C(/C=C\C=C/C)C1=CC=CC(C)C1. The third-order valence-electron chi connectivity index (χ3n) is 2.29. The van der Waals surface area contributed by atoms with E-state index in [4.69, 9.17) is 0 Å². The van der Waals surface area contributed by atoms with Crippen molar-refractivity contribution in [2.75, 3.05) is 0 Å². The van der Waals surface area contributed by atoms with Gasteiger partial charge in [0, 0.05) is 0 Å². The summed E-state index contributed by atoms with van der Waals surface area (Å²) in [6, 6.07) is 0. The number of allylic oxidation sites excluding steroid dienone is 9. The lowest BCUT2D eigenvalue weighted by molar-refractivity contribution is 0.714. The van der Waals surface area contributed by atoms with Crippen LogP contribution in [0, 0.1) is 5.92 Å². The van der Waals surface area contributed by atoms with Crippen LogP contribution in [0.25, 0.3) is 0 Å². The second kappa shape index (κ2) is 5.43. The highest BCUT2D eigenvalue weighted by atomic mass is 14.1. The Labute approximate surface area is 87.0 Å². The van der Waals surface area contributed by atoms with E-state index < -0.39 is 0 Å². The van der Waals surface area contributed by atoms with Gasteiger partial charge < -0.3 is 0 Å². The molecule has 74 valence electrons. The molecule has 0 aromatic rings. The topological polar surface area (TPSA) is 0 Å². The quantitative estimate of drug-likeness (QED) is 0.579. The van der Waals surface area contributed by atoms with E-state index in [1.807, 2.05) is 25.2 Å². The van der Waals surface area contributed by atoms with Gasteiger partial charge in [-0.05, 0) is 30.4 Å². The molecule has 0 radical (unpaired) electrons. The number of rotatable bonds is 3. The fourth-order valence-electron chi connectivity index (χ4n) is 1.47. The third kappa shape index (κ3) is 3.21. The zero-order valence-corrected chi connectivity index (χ0v) is 9.03. The van der Waals surface area contributed by atoms with Crippen molar-refractivity contribution < 1.29 is 0 Å². The van der Waals surface area contributed by atoms with Gasteiger partial charge in [-0.2, -0.15) is 0 Å². The summed E-state index contributed by atoms with van der Waals surface area (Å²) < 4.78 is 0. The molecular weight excluding hydrogens is 168 g/mol. The molecule has 0 aliphatic heterocycles. The molecule has 1 unspecified atom stereocenters. The monoisotopic (exact) mass is 186 g/mol. The smallest absolute Gasteiger partial charge is 0.0212 e. The summed E-state index contributed by atoms with van der Waals surface area (Å²) in [6.45, 7) is 8.30. The molecule has 0 amide bonds. The van der Waals surface area contributed by atoms with Gasteiger partial charge in [0.1, 0.15) is 0 Å². The van der Waals surface area contributed by atoms with Gasteiger partial charge in [0.05, 0.1) is 0 Å². The second-order valence-electron chi connectivity index (χ2n) is 3.67. The van der Waals surface area contributed by atoms with Crippen molar-refractivity contribution in [3.8, 4) is 0 Å². The van der Waals surface area contributed by atoms with Gasteiger partial charge in [0.2, 0.25) is 0 Å². The van der Waals surface area contributed by atoms with E-state index in [9.17, 15) is 0 Å². The molecular formula is C14H18. The predicted molar refractivity (Wildman–Crippen MR) is 64.1 cm³/mol. The van der Waals surface area contributed by atoms with Crippen molar-refractivity contribution in [1.29, 1.82) is 0 Å². The van der Waals surface area contributed by atoms with E-state index in [2.05, 4.69) is 37.8 Å². The van der Waals surface area contributed by atoms with Gasteiger partial charge in [0.15, 0.2) is 0 Å². The Hall–Kier alpha value is -1.30. The maximum atomic E-state index is 4.06. The highest BCUT2D eigenvalue weighted by Gasteiger charge is 2.07. The van der Waals surface area contributed by atoms with E-state index >= 15 is 0 Å². The largest absolute Gasteiger partial charge is 0.0915 e. The molecule has 0 saturated heterocycles. The summed E-state index contributed by atoms with van der Waals surface area (Å²) in [6.07, 6.45) is 15.8. The first-order valence-electron chi connectivity index (χ1n) is 5.10. The summed E-state index contributed by atoms with van der Waals surface area (Å²) in [5.74, 6) is 0.641. The molecule has 1 aliphatic rings. The highest BCUT2D eigenvalue weighted by molar-refractivity contribution is 5.42. The summed E-state index contributed by atoms with van der Waals surface area (Å²) in [4.78, 5) is 0. The molecule has 0 saturated carbocycles. The van der Waals surface area contributed by atoms with Gasteiger partial charge in [-0.25, -0.2) is 0 Å². The van der Waals surface area contributed by atoms with Crippen LogP contribution < -0.4 is 0 Å². The molecule has 14 heavy (non-hydrogen) atoms. The minimum atomic E-state index is 0.641. The van der Waals surface area contributed by atoms with Crippen molar-refractivity contribution in [1.82, 2.24) is 0 Å². The standard InChI is InChI=1S/C14H18/c1-4-5-6-9-13(3)14-10-7-8-12(2)11-14/h4-10,12H,3,11H2,1-2H3/b5-4-,9-6-. The van der Waals surface area contributed by atoms with Gasteiger partial charge >= 0.3 is 0 Å². The molecule has 0 N–H and O–H groups in total. The molecule has 1 aliphatic carbocycles. The van der Waals surface area contributed by atoms with E-state index in [-0.39, 0.29) is 0 Å². The van der Waals surface area contributed by atoms with Crippen LogP contribution in [-0.2, 0) is 0 Å². The Morgan fingerprint density at radius 1 is 1.50 bits per heavy atom. The molecule has 0 nitrogen and oxygen atoms in total. The highest BCUT2D eigenvalue weighted by Crippen LogP contribution is 2.23. The van der Waals surface area contributed by atoms with Crippen LogP contribution in [0.2, 0.25) is 0 Å². The average Bonchev–Trinajstić information content (AvgIpc) is 2.18. The Balaban J connectivity index is 2.61. The summed E-state index contributed by atoms with van der Waals surface area (Å²) >= 11 is 0. The van der Waals surface area contributed by atoms with Crippen LogP contribution in [0.15, 0.2) is 60.3 Å². The van der Waals surface area contributed by atoms with E-state index in [1.165, 1.54) is 5.57 Å². The second-order valence-corrected chi connectivity index (χ2v) is 3.67. The fourth-order valence-corrected chi connectivity index (χ4v) is 1.47. The number of hydrogen-bond donors (Lipinski definition) is 0. The van der Waals surface area contributed by atoms with E-state index in [0.717, 1.165) is 12.0 Å². The Morgan fingerprint density at radius 2 is 2.29 bits per heavy atom. The molecule has 0 aromatic heterocycles. The Kier molecular flexibility index (Phi) is 4.18. The van der Waals surface area contributed by atoms with Gasteiger partial charge in [0.25, 0.3) is 0 Å². The molecule has 0 heterocycles. The first-order valence-corrected chi connectivity index (χ1v) is 5.10. The minimum Gasteiger partial charge on any atom is -0.0915 e. The van der Waals surface area contributed by atoms with Crippen LogP contribution in [0.5, 0.6) is 0 Å². The lowest BCUT2D eigenvalue weighted by Crippen LogP contribution is -1.98. The van der Waals surface area contributed by atoms with Crippen LogP contribution in [0.3, 0.4) is 0 Å². The van der Waals surface area contributed by atoms with Crippen molar-refractivity contribution >= 4 is 0 Å². The molecule has 1 atom stereocenters. The molecule has 0 fully saturated rings. The first-order chi connectivity index (χ1) is 6.74. The van der Waals surface area contributed by atoms with Crippen molar-refractivity contribution in [3.05, 3.63) is 60.3 Å². The third-order valence-corrected chi connectivity index (χ3v) is 2.29. The minimum absolute atomic E-state index is 0.641. The summed E-state index contributed by atoms with van der Waals surface area (Å²) in [5.41, 5.74) is 2.47. The molecule has 0 spiro atoms. The zero-order valence-electron chi connectivity index (χ0n) is 9.03. The van der Waals surface area contributed by atoms with E-state index in [1.54, 1.807) is 0 Å². The average molecular weight is 186 g/mol.